The van der Waals surface area contributed by atoms with Gasteiger partial charge in [0.1, 0.15) is 0 Å². The molecular formula is C16H29N3O. The molecule has 20 heavy (non-hydrogen) atoms. The predicted octanol–water partition coefficient (Wildman–Crippen LogP) is 3.19. The van der Waals surface area contributed by atoms with Gasteiger partial charge in [0.25, 0.3) is 0 Å². The number of nitrogens with zero attached hydrogens (tertiary/aromatic N) is 2. The largest absolute Gasteiger partial charge is 0.493 e. The Balaban J connectivity index is 2.13. The van der Waals surface area contributed by atoms with Crippen molar-refractivity contribution in [3.8, 4) is 5.75 Å². The molecule has 0 radical (unpaired) electrons. The fraction of sp³-hybridized carbons (Fsp3) is 0.812. The van der Waals surface area contributed by atoms with Crippen LogP contribution in [-0.2, 0) is 6.54 Å². The Kier molecular flexibility index (Phi) is 5.89. The van der Waals surface area contributed by atoms with Gasteiger partial charge in [-0.15, -0.1) is 0 Å². The van der Waals surface area contributed by atoms with E-state index >= 15 is 0 Å². The second kappa shape index (κ2) is 7.67. The lowest BCUT2D eigenvalue weighted by Gasteiger charge is -2.22. The van der Waals surface area contributed by atoms with Gasteiger partial charge in [-0.2, -0.15) is 5.10 Å². The van der Waals surface area contributed by atoms with Gasteiger partial charge >= 0.3 is 0 Å². The lowest BCUT2D eigenvalue weighted by atomic mass is 9.92. The highest BCUT2D eigenvalue weighted by Gasteiger charge is 2.33. The van der Waals surface area contributed by atoms with Crippen molar-refractivity contribution in [2.45, 2.75) is 58.4 Å². The summed E-state index contributed by atoms with van der Waals surface area (Å²) in [7, 11) is 1.76. The summed E-state index contributed by atoms with van der Waals surface area (Å²) in [5, 5.41) is 8.11. The van der Waals surface area contributed by atoms with Gasteiger partial charge in [0.2, 0.25) is 0 Å². The lowest BCUT2D eigenvalue weighted by Crippen LogP contribution is -2.26. The van der Waals surface area contributed by atoms with Crippen molar-refractivity contribution in [3.63, 3.8) is 0 Å². The molecule has 1 aliphatic carbocycles. The summed E-state index contributed by atoms with van der Waals surface area (Å²) in [5.74, 6) is 2.30. The molecule has 0 spiro atoms. The quantitative estimate of drug-likeness (QED) is 0.743. The van der Waals surface area contributed by atoms with Gasteiger partial charge in [-0.1, -0.05) is 20.3 Å². The molecule has 1 N–H and O–H groups in total. The van der Waals surface area contributed by atoms with Crippen LogP contribution in [0.5, 0.6) is 5.75 Å². The highest BCUT2D eigenvalue weighted by atomic mass is 16.5. The minimum absolute atomic E-state index is 0.600. The van der Waals surface area contributed by atoms with E-state index in [0.717, 1.165) is 37.7 Å². The van der Waals surface area contributed by atoms with Crippen LogP contribution in [0, 0.1) is 5.92 Å². The monoisotopic (exact) mass is 279 g/mol. The van der Waals surface area contributed by atoms with Gasteiger partial charge in [0, 0.05) is 12.5 Å². The highest BCUT2D eigenvalue weighted by molar-refractivity contribution is 5.30. The van der Waals surface area contributed by atoms with E-state index in [1.165, 1.54) is 31.4 Å². The topological polar surface area (TPSA) is 39.1 Å². The van der Waals surface area contributed by atoms with Crippen molar-refractivity contribution in [1.82, 2.24) is 15.1 Å². The summed E-state index contributed by atoms with van der Waals surface area (Å²) in [5.41, 5.74) is 1.33. The Morgan fingerprint density at radius 2 is 2.20 bits per heavy atom. The molecule has 1 heterocycles. The minimum atomic E-state index is 0.600. The molecule has 0 saturated heterocycles. The SMILES string of the molecule is CCCNCC1CCCC1c1c(OC)cnn1CCC. The van der Waals surface area contributed by atoms with Crippen molar-refractivity contribution in [2.75, 3.05) is 20.2 Å². The van der Waals surface area contributed by atoms with Crippen LogP contribution < -0.4 is 10.1 Å². The zero-order chi connectivity index (χ0) is 14.4. The van der Waals surface area contributed by atoms with E-state index in [-0.39, 0.29) is 0 Å². The summed E-state index contributed by atoms with van der Waals surface area (Å²) < 4.78 is 7.72. The first-order valence-electron chi connectivity index (χ1n) is 8.12. The van der Waals surface area contributed by atoms with Gasteiger partial charge < -0.3 is 10.1 Å². The fourth-order valence-electron chi connectivity index (χ4n) is 3.40. The molecule has 2 rings (SSSR count). The van der Waals surface area contributed by atoms with Crippen LogP contribution in [0.2, 0.25) is 0 Å². The van der Waals surface area contributed by atoms with E-state index in [1.54, 1.807) is 7.11 Å². The molecule has 114 valence electrons. The molecule has 1 aliphatic rings. The van der Waals surface area contributed by atoms with Gasteiger partial charge in [-0.25, -0.2) is 0 Å². The van der Waals surface area contributed by atoms with Crippen LogP contribution in [0.15, 0.2) is 6.20 Å². The molecular weight excluding hydrogens is 250 g/mol. The second-order valence-electron chi connectivity index (χ2n) is 5.82. The van der Waals surface area contributed by atoms with Crippen molar-refractivity contribution >= 4 is 0 Å². The summed E-state index contributed by atoms with van der Waals surface area (Å²) >= 11 is 0. The number of methoxy groups -OCH3 is 1. The van der Waals surface area contributed by atoms with Gasteiger partial charge in [0.15, 0.2) is 5.75 Å². The van der Waals surface area contributed by atoms with E-state index in [1.807, 2.05) is 6.20 Å². The minimum Gasteiger partial charge on any atom is -0.493 e. The Labute approximate surface area is 122 Å². The average molecular weight is 279 g/mol. The smallest absolute Gasteiger partial charge is 0.160 e. The summed E-state index contributed by atoms with van der Waals surface area (Å²) in [6, 6.07) is 0. The molecule has 0 amide bonds. The molecule has 1 saturated carbocycles. The molecule has 0 aromatic carbocycles. The third-order valence-corrected chi connectivity index (χ3v) is 4.34. The molecule has 4 heteroatoms. The number of rotatable bonds is 8. The maximum absolute atomic E-state index is 5.55. The van der Waals surface area contributed by atoms with Gasteiger partial charge in [-0.05, 0) is 44.7 Å². The van der Waals surface area contributed by atoms with Crippen LogP contribution in [-0.4, -0.2) is 30.0 Å². The molecule has 2 atom stereocenters. The summed E-state index contributed by atoms with van der Waals surface area (Å²) in [6.45, 7) is 7.66. The van der Waals surface area contributed by atoms with E-state index in [2.05, 4.69) is 28.9 Å². The standard InChI is InChI=1S/C16H29N3O/c1-4-9-17-11-13-7-6-8-14(13)16-15(20-3)12-18-19(16)10-5-2/h12-14,17H,4-11H2,1-3H3. The van der Waals surface area contributed by atoms with E-state index in [9.17, 15) is 0 Å². The Bertz CT molecular complexity index is 402. The van der Waals surface area contributed by atoms with Crippen LogP contribution in [0.25, 0.3) is 0 Å². The Morgan fingerprint density at radius 3 is 2.90 bits per heavy atom. The number of hydrogen-bond acceptors (Lipinski definition) is 3. The number of aromatic nitrogens is 2. The first-order valence-corrected chi connectivity index (χ1v) is 8.12. The van der Waals surface area contributed by atoms with Crippen molar-refractivity contribution in [3.05, 3.63) is 11.9 Å². The van der Waals surface area contributed by atoms with Gasteiger partial charge in [0.05, 0.1) is 19.0 Å². The first-order chi connectivity index (χ1) is 9.81. The molecule has 0 bridgehead atoms. The molecule has 0 aliphatic heterocycles. The van der Waals surface area contributed by atoms with Crippen molar-refractivity contribution < 1.29 is 4.74 Å². The maximum Gasteiger partial charge on any atom is 0.160 e. The van der Waals surface area contributed by atoms with Crippen molar-refractivity contribution in [2.24, 2.45) is 5.92 Å². The lowest BCUT2D eigenvalue weighted by molar-refractivity contribution is 0.376. The fourth-order valence-corrected chi connectivity index (χ4v) is 3.40. The average Bonchev–Trinajstić information content (AvgIpc) is 3.05. The van der Waals surface area contributed by atoms with Crippen molar-refractivity contribution in [1.29, 1.82) is 0 Å². The third kappa shape index (κ3) is 3.35. The third-order valence-electron chi connectivity index (χ3n) is 4.34. The normalized spacial score (nSPS) is 22.4. The van der Waals surface area contributed by atoms with E-state index in [4.69, 9.17) is 4.74 Å². The first kappa shape index (κ1) is 15.4. The molecule has 1 aromatic heterocycles. The number of aryl methyl sites for hydroxylation is 1. The Hall–Kier alpha value is -1.03. The van der Waals surface area contributed by atoms with E-state index in [0.29, 0.717) is 5.92 Å². The van der Waals surface area contributed by atoms with Crippen LogP contribution in [0.4, 0.5) is 0 Å². The summed E-state index contributed by atoms with van der Waals surface area (Å²) in [4.78, 5) is 0. The molecule has 1 fully saturated rings. The highest BCUT2D eigenvalue weighted by Crippen LogP contribution is 2.42. The van der Waals surface area contributed by atoms with Crippen LogP contribution in [0.3, 0.4) is 0 Å². The molecule has 1 aromatic rings. The number of nitrogens with one attached hydrogen (secondary N) is 1. The Morgan fingerprint density at radius 1 is 1.35 bits per heavy atom. The van der Waals surface area contributed by atoms with Crippen LogP contribution >= 0.6 is 0 Å². The molecule has 2 unspecified atom stereocenters. The number of ether oxygens (including phenoxy) is 1. The number of hydrogen-bond donors (Lipinski definition) is 1. The summed E-state index contributed by atoms with van der Waals surface area (Å²) in [6.07, 6.45) is 8.12. The van der Waals surface area contributed by atoms with E-state index < -0.39 is 0 Å². The molecule has 4 nitrogen and oxygen atoms in total. The van der Waals surface area contributed by atoms with Gasteiger partial charge in [-0.3, -0.25) is 4.68 Å². The van der Waals surface area contributed by atoms with Crippen LogP contribution in [0.1, 0.15) is 57.6 Å². The zero-order valence-electron chi connectivity index (χ0n) is 13.2. The maximum atomic E-state index is 5.55. The second-order valence-corrected chi connectivity index (χ2v) is 5.82. The zero-order valence-corrected chi connectivity index (χ0v) is 13.2. The predicted molar refractivity (Wildman–Crippen MR) is 82.3 cm³/mol.